The van der Waals surface area contributed by atoms with Crippen LogP contribution in [0.1, 0.15) is 24.4 Å². The molecule has 1 atom stereocenters. The van der Waals surface area contributed by atoms with Crippen molar-refractivity contribution < 1.29 is 0 Å². The van der Waals surface area contributed by atoms with Gasteiger partial charge >= 0.3 is 0 Å². The van der Waals surface area contributed by atoms with Crippen molar-refractivity contribution in [2.45, 2.75) is 28.8 Å². The summed E-state index contributed by atoms with van der Waals surface area (Å²) in [7, 11) is 0. The number of aromatic nitrogens is 5. The van der Waals surface area contributed by atoms with Crippen molar-refractivity contribution in [1.82, 2.24) is 29.7 Å². The normalized spacial score (nSPS) is 16.6. The molecule has 1 unspecified atom stereocenters. The minimum Gasteiger partial charge on any atom is -0.315 e. The summed E-state index contributed by atoms with van der Waals surface area (Å²) >= 11 is 7.52. The molecule has 1 aliphatic heterocycles. The van der Waals surface area contributed by atoms with Crippen LogP contribution in [0.5, 0.6) is 0 Å². The summed E-state index contributed by atoms with van der Waals surface area (Å²) in [5, 5.41) is 23.1. The van der Waals surface area contributed by atoms with Gasteiger partial charge in [-0.05, 0) is 37.6 Å². The zero-order valence-corrected chi connectivity index (χ0v) is 17.6. The minimum absolute atomic E-state index is 0.371. The Kier molecular flexibility index (Phi) is 5.17. The summed E-state index contributed by atoms with van der Waals surface area (Å²) in [4.78, 5) is 5.27. The predicted octanol–water partition coefficient (Wildman–Crippen LogP) is 4.19. The molecule has 9 heteroatoms. The van der Waals surface area contributed by atoms with Gasteiger partial charge in [0, 0.05) is 35.0 Å². The van der Waals surface area contributed by atoms with Gasteiger partial charge < -0.3 is 5.32 Å². The molecule has 0 bridgehead atoms. The van der Waals surface area contributed by atoms with Crippen molar-refractivity contribution >= 4 is 28.9 Å². The number of nitrogens with zero attached hydrogens (tertiary/aromatic N) is 6. The van der Waals surface area contributed by atoms with Crippen LogP contribution in [-0.2, 0) is 0 Å². The maximum Gasteiger partial charge on any atom is 0.130 e. The van der Waals surface area contributed by atoms with E-state index in [-0.39, 0.29) is 0 Å². The van der Waals surface area contributed by atoms with Crippen LogP contribution in [0.15, 0.2) is 59.0 Å². The molecule has 0 aromatic carbocycles. The summed E-state index contributed by atoms with van der Waals surface area (Å²) in [6, 6.07) is 10.2. The Balaban J connectivity index is 1.56. The molecule has 1 fully saturated rings. The maximum atomic E-state index is 9.52. The molecular weight excluding hydrogens is 418 g/mol. The average Bonchev–Trinajstić information content (AvgIpc) is 3.42. The van der Waals surface area contributed by atoms with Gasteiger partial charge in [-0.2, -0.15) is 15.5 Å². The Hall–Kier alpha value is -2.86. The van der Waals surface area contributed by atoms with Gasteiger partial charge in [0.25, 0.3) is 0 Å². The van der Waals surface area contributed by atoms with Crippen LogP contribution in [0.25, 0.3) is 16.6 Å². The lowest BCUT2D eigenvalue weighted by atomic mass is 10.1. The molecule has 30 heavy (non-hydrogen) atoms. The Bertz CT molecular complexity index is 1250. The van der Waals surface area contributed by atoms with E-state index < -0.39 is 0 Å². The number of fused-ring (bicyclic) bond motifs is 1. The first kappa shape index (κ1) is 19.1. The van der Waals surface area contributed by atoms with Crippen LogP contribution in [0.3, 0.4) is 0 Å². The van der Waals surface area contributed by atoms with Gasteiger partial charge in [-0.3, -0.25) is 4.68 Å². The Morgan fingerprint density at radius 1 is 1.20 bits per heavy atom. The topological polar surface area (TPSA) is 83.8 Å². The zero-order chi connectivity index (χ0) is 20.5. The molecule has 4 aromatic rings. The molecule has 5 heterocycles. The summed E-state index contributed by atoms with van der Waals surface area (Å²) in [5.41, 5.74) is 3.28. The van der Waals surface area contributed by atoms with E-state index in [1.54, 1.807) is 16.8 Å². The van der Waals surface area contributed by atoms with E-state index >= 15 is 0 Å². The molecule has 0 spiro atoms. The number of piperidine rings is 1. The highest BCUT2D eigenvalue weighted by Crippen LogP contribution is 2.35. The molecule has 1 aliphatic rings. The molecule has 150 valence electrons. The van der Waals surface area contributed by atoms with E-state index in [1.165, 1.54) is 11.8 Å². The maximum absolute atomic E-state index is 9.52. The van der Waals surface area contributed by atoms with Crippen LogP contribution in [0.2, 0.25) is 5.15 Å². The third-order valence-electron chi connectivity index (χ3n) is 5.18. The van der Waals surface area contributed by atoms with E-state index in [2.05, 4.69) is 38.8 Å². The molecule has 0 aliphatic carbocycles. The third kappa shape index (κ3) is 3.67. The largest absolute Gasteiger partial charge is 0.315 e. The van der Waals surface area contributed by atoms with E-state index in [0.717, 1.165) is 52.5 Å². The standard InChI is InChI=1S/C21H18ClN7S/c22-19-4-1-5-20(27-19)30-18-7-14(12-29-21(18)15(8-23)9-26-29)16-10-25-28(13-16)17-3-2-6-24-11-17/h1,4-5,7,9-10,12-13,17,24H,2-3,6,11H2. The predicted molar refractivity (Wildman–Crippen MR) is 116 cm³/mol. The molecule has 7 nitrogen and oxygen atoms in total. The molecule has 1 saturated heterocycles. The van der Waals surface area contributed by atoms with Gasteiger partial charge in [0.15, 0.2) is 0 Å². The Labute approximate surface area is 182 Å². The van der Waals surface area contributed by atoms with E-state index in [4.69, 9.17) is 11.6 Å². The van der Waals surface area contributed by atoms with Gasteiger partial charge in [0.2, 0.25) is 0 Å². The zero-order valence-electron chi connectivity index (χ0n) is 16.0. The number of pyridine rings is 2. The molecule has 4 aromatic heterocycles. The fourth-order valence-corrected chi connectivity index (χ4v) is 4.92. The Morgan fingerprint density at radius 2 is 2.13 bits per heavy atom. The van der Waals surface area contributed by atoms with E-state index in [0.29, 0.717) is 16.8 Å². The average molecular weight is 436 g/mol. The van der Waals surface area contributed by atoms with Crippen molar-refractivity contribution in [1.29, 1.82) is 5.26 Å². The third-order valence-corrected chi connectivity index (χ3v) is 6.36. The smallest absolute Gasteiger partial charge is 0.130 e. The highest BCUT2D eigenvalue weighted by atomic mass is 35.5. The molecular formula is C21H18ClN7S. The lowest BCUT2D eigenvalue weighted by Gasteiger charge is -2.22. The molecule has 0 radical (unpaired) electrons. The van der Waals surface area contributed by atoms with Gasteiger partial charge in [-0.15, -0.1) is 0 Å². The highest BCUT2D eigenvalue weighted by Gasteiger charge is 2.18. The highest BCUT2D eigenvalue weighted by molar-refractivity contribution is 7.99. The number of halogens is 1. The first-order valence-corrected chi connectivity index (χ1v) is 10.9. The van der Waals surface area contributed by atoms with Crippen molar-refractivity contribution in [3.63, 3.8) is 0 Å². The van der Waals surface area contributed by atoms with Crippen LogP contribution in [0, 0.1) is 11.3 Å². The van der Waals surface area contributed by atoms with Crippen LogP contribution < -0.4 is 5.32 Å². The van der Waals surface area contributed by atoms with Gasteiger partial charge in [0.1, 0.15) is 16.2 Å². The number of nitrogens with one attached hydrogen (secondary N) is 1. The molecule has 5 rings (SSSR count). The van der Waals surface area contributed by atoms with Crippen molar-refractivity contribution in [2.75, 3.05) is 13.1 Å². The second-order valence-corrected chi connectivity index (χ2v) is 8.62. The summed E-state index contributed by atoms with van der Waals surface area (Å²) in [6.07, 6.45) is 9.77. The number of hydrogen-bond acceptors (Lipinski definition) is 6. The molecule has 0 saturated carbocycles. The SMILES string of the molecule is N#Cc1cnn2cc(-c3cnn(C4CCCNC4)c3)cc(Sc3cccc(Cl)n3)c12. The quantitative estimate of drug-likeness (QED) is 0.484. The van der Waals surface area contributed by atoms with E-state index in [9.17, 15) is 5.26 Å². The number of rotatable bonds is 4. The van der Waals surface area contributed by atoms with Crippen LogP contribution >= 0.6 is 23.4 Å². The van der Waals surface area contributed by atoms with Gasteiger partial charge in [-0.25, -0.2) is 9.50 Å². The van der Waals surface area contributed by atoms with Crippen molar-refractivity contribution in [2.24, 2.45) is 0 Å². The Morgan fingerprint density at radius 3 is 2.93 bits per heavy atom. The van der Waals surface area contributed by atoms with Crippen molar-refractivity contribution in [3.05, 3.63) is 59.8 Å². The summed E-state index contributed by atoms with van der Waals surface area (Å²) in [6.45, 7) is 2.01. The number of nitriles is 1. The number of hydrogen-bond donors (Lipinski definition) is 1. The van der Waals surface area contributed by atoms with E-state index in [1.807, 2.05) is 29.2 Å². The summed E-state index contributed by atoms with van der Waals surface area (Å²) in [5.74, 6) is 0. The fraction of sp³-hybridized carbons (Fsp3) is 0.238. The van der Waals surface area contributed by atoms with Crippen LogP contribution in [0.4, 0.5) is 0 Å². The first-order valence-electron chi connectivity index (χ1n) is 9.68. The lowest BCUT2D eigenvalue weighted by Crippen LogP contribution is -2.31. The second-order valence-electron chi connectivity index (χ2n) is 7.17. The molecule has 1 N–H and O–H groups in total. The lowest BCUT2D eigenvalue weighted by molar-refractivity contribution is 0.347. The van der Waals surface area contributed by atoms with Gasteiger partial charge in [-0.1, -0.05) is 29.4 Å². The second kappa shape index (κ2) is 8.11. The summed E-state index contributed by atoms with van der Waals surface area (Å²) < 4.78 is 3.79. The van der Waals surface area contributed by atoms with Crippen molar-refractivity contribution in [3.8, 4) is 17.2 Å². The molecule has 0 amide bonds. The minimum atomic E-state index is 0.371. The fourth-order valence-electron chi connectivity index (χ4n) is 3.71. The first-order chi connectivity index (χ1) is 14.7. The van der Waals surface area contributed by atoms with Gasteiger partial charge in [0.05, 0.1) is 29.5 Å². The monoisotopic (exact) mass is 435 g/mol. The van der Waals surface area contributed by atoms with Crippen LogP contribution in [-0.4, -0.2) is 37.5 Å².